The molecule has 1 fully saturated rings. The minimum atomic E-state index is -3.52. The van der Waals surface area contributed by atoms with Crippen molar-refractivity contribution in [1.82, 2.24) is 9.62 Å². The van der Waals surface area contributed by atoms with Gasteiger partial charge in [-0.15, -0.1) is 0 Å². The van der Waals surface area contributed by atoms with Gasteiger partial charge in [-0.25, -0.2) is 13.1 Å². The molecule has 0 amide bonds. The van der Waals surface area contributed by atoms with E-state index in [-0.39, 0.29) is 17.1 Å². The topological polar surface area (TPSA) is 77.1 Å². The molecular weight excluding hydrogens is 368 g/mol. The van der Waals surface area contributed by atoms with Crippen LogP contribution < -0.4 is 9.46 Å². The summed E-state index contributed by atoms with van der Waals surface area (Å²) in [6.07, 6.45) is 1.20. The zero-order valence-corrected chi connectivity index (χ0v) is 17.5. The van der Waals surface area contributed by atoms with Crippen molar-refractivity contribution in [3.63, 3.8) is 0 Å². The molecular formula is C19H32N2O5S. The lowest BCUT2D eigenvalue weighted by molar-refractivity contribution is -0.0679. The average molecular weight is 401 g/mol. The second-order valence-corrected chi connectivity index (χ2v) is 8.80. The SMILES string of the molecule is COCCOc1ccc(S(=O)(=O)NCCCN2CC(C)OC(C)C2)cc1C. The fraction of sp³-hybridized carbons (Fsp3) is 0.684. The highest BCUT2D eigenvalue weighted by molar-refractivity contribution is 7.89. The van der Waals surface area contributed by atoms with Gasteiger partial charge in [0.1, 0.15) is 12.4 Å². The van der Waals surface area contributed by atoms with Gasteiger partial charge in [-0.1, -0.05) is 0 Å². The first-order chi connectivity index (χ1) is 12.8. The van der Waals surface area contributed by atoms with Crippen LogP contribution in [0.15, 0.2) is 23.1 Å². The van der Waals surface area contributed by atoms with Crippen LogP contribution in [0.5, 0.6) is 5.75 Å². The van der Waals surface area contributed by atoms with E-state index >= 15 is 0 Å². The summed E-state index contributed by atoms with van der Waals surface area (Å²) in [7, 11) is -1.91. The van der Waals surface area contributed by atoms with Crippen molar-refractivity contribution >= 4 is 10.0 Å². The molecule has 27 heavy (non-hydrogen) atoms. The van der Waals surface area contributed by atoms with E-state index in [2.05, 4.69) is 23.5 Å². The summed E-state index contributed by atoms with van der Waals surface area (Å²) in [5.74, 6) is 0.668. The van der Waals surface area contributed by atoms with E-state index < -0.39 is 10.0 Å². The monoisotopic (exact) mass is 400 g/mol. The Balaban J connectivity index is 1.82. The molecule has 7 nitrogen and oxygen atoms in total. The number of benzene rings is 1. The number of morpholine rings is 1. The molecule has 154 valence electrons. The smallest absolute Gasteiger partial charge is 0.240 e. The van der Waals surface area contributed by atoms with Crippen LogP contribution in [0.4, 0.5) is 0 Å². The van der Waals surface area contributed by atoms with E-state index in [4.69, 9.17) is 14.2 Å². The van der Waals surface area contributed by atoms with Crippen molar-refractivity contribution in [2.24, 2.45) is 0 Å². The van der Waals surface area contributed by atoms with E-state index in [0.717, 1.165) is 31.6 Å². The maximum absolute atomic E-state index is 12.5. The summed E-state index contributed by atoms with van der Waals surface area (Å²) in [5, 5.41) is 0. The van der Waals surface area contributed by atoms with E-state index in [1.807, 2.05) is 6.92 Å². The Morgan fingerprint density at radius 1 is 1.22 bits per heavy atom. The summed E-state index contributed by atoms with van der Waals surface area (Å²) >= 11 is 0. The molecule has 1 N–H and O–H groups in total. The van der Waals surface area contributed by atoms with Gasteiger partial charge in [0, 0.05) is 26.7 Å². The van der Waals surface area contributed by atoms with Crippen LogP contribution in [0.2, 0.25) is 0 Å². The molecule has 2 rings (SSSR count). The summed E-state index contributed by atoms with van der Waals surface area (Å²) < 4.78 is 43.9. The van der Waals surface area contributed by atoms with Crippen molar-refractivity contribution in [2.75, 3.05) is 46.5 Å². The van der Waals surface area contributed by atoms with Gasteiger partial charge in [0.15, 0.2) is 0 Å². The van der Waals surface area contributed by atoms with Gasteiger partial charge in [-0.2, -0.15) is 0 Å². The summed E-state index contributed by atoms with van der Waals surface area (Å²) in [5.41, 5.74) is 0.783. The largest absolute Gasteiger partial charge is 0.491 e. The first-order valence-corrected chi connectivity index (χ1v) is 10.9. The normalized spacial score (nSPS) is 21.3. The standard InChI is InChI=1S/C19H32N2O5S/c1-15-12-18(6-7-19(15)25-11-10-24-4)27(22,23)20-8-5-9-21-13-16(2)26-17(3)14-21/h6-7,12,16-17,20H,5,8-11,13-14H2,1-4H3. The molecule has 2 atom stereocenters. The van der Waals surface area contributed by atoms with Crippen LogP contribution in [0.3, 0.4) is 0 Å². The second kappa shape index (κ2) is 10.4. The minimum Gasteiger partial charge on any atom is -0.491 e. The second-order valence-electron chi connectivity index (χ2n) is 7.04. The predicted octanol–water partition coefficient (Wildman–Crippen LogP) is 1.80. The zero-order chi connectivity index (χ0) is 19.9. The highest BCUT2D eigenvalue weighted by atomic mass is 32.2. The Morgan fingerprint density at radius 3 is 2.56 bits per heavy atom. The van der Waals surface area contributed by atoms with Crippen LogP contribution >= 0.6 is 0 Å². The Kier molecular flexibility index (Phi) is 8.50. The zero-order valence-electron chi connectivity index (χ0n) is 16.7. The number of aryl methyl sites for hydroxylation is 1. The molecule has 1 heterocycles. The minimum absolute atomic E-state index is 0.220. The maximum atomic E-state index is 12.5. The predicted molar refractivity (Wildman–Crippen MR) is 105 cm³/mol. The maximum Gasteiger partial charge on any atom is 0.240 e. The van der Waals surface area contributed by atoms with Gasteiger partial charge in [0.2, 0.25) is 10.0 Å². The number of nitrogens with zero attached hydrogens (tertiary/aromatic N) is 1. The fourth-order valence-corrected chi connectivity index (χ4v) is 4.40. The van der Waals surface area contributed by atoms with Gasteiger partial charge >= 0.3 is 0 Å². The molecule has 1 aliphatic heterocycles. The third kappa shape index (κ3) is 7.04. The highest BCUT2D eigenvalue weighted by Gasteiger charge is 2.22. The van der Waals surface area contributed by atoms with Crippen molar-refractivity contribution < 1.29 is 22.6 Å². The van der Waals surface area contributed by atoms with Crippen molar-refractivity contribution in [1.29, 1.82) is 0 Å². The number of methoxy groups -OCH3 is 1. The molecule has 0 aromatic heterocycles. The molecule has 1 aliphatic rings. The molecule has 8 heteroatoms. The quantitative estimate of drug-likeness (QED) is 0.604. The number of sulfonamides is 1. The number of rotatable bonds is 10. The number of hydrogen-bond donors (Lipinski definition) is 1. The Labute approximate surface area is 163 Å². The number of nitrogens with one attached hydrogen (secondary N) is 1. The van der Waals surface area contributed by atoms with Gasteiger partial charge in [0.05, 0.1) is 23.7 Å². The molecule has 0 bridgehead atoms. The fourth-order valence-electron chi connectivity index (χ4n) is 3.25. The Hall–Kier alpha value is -1.19. The number of hydrogen-bond acceptors (Lipinski definition) is 6. The van der Waals surface area contributed by atoms with E-state index in [9.17, 15) is 8.42 Å². The van der Waals surface area contributed by atoms with Gasteiger partial charge in [0.25, 0.3) is 0 Å². The van der Waals surface area contributed by atoms with E-state index in [0.29, 0.717) is 25.5 Å². The molecule has 0 aliphatic carbocycles. The Morgan fingerprint density at radius 2 is 1.93 bits per heavy atom. The van der Waals surface area contributed by atoms with Crippen molar-refractivity contribution in [3.05, 3.63) is 23.8 Å². The van der Waals surface area contributed by atoms with Crippen LogP contribution in [0, 0.1) is 6.92 Å². The third-order valence-electron chi connectivity index (χ3n) is 4.44. The van der Waals surface area contributed by atoms with Gasteiger partial charge < -0.3 is 14.2 Å². The van der Waals surface area contributed by atoms with Crippen LogP contribution in [-0.4, -0.2) is 72.0 Å². The van der Waals surface area contributed by atoms with Crippen molar-refractivity contribution in [2.45, 2.75) is 44.3 Å². The van der Waals surface area contributed by atoms with Gasteiger partial charge in [-0.05, 0) is 57.5 Å². The lowest BCUT2D eigenvalue weighted by Crippen LogP contribution is -2.46. The summed E-state index contributed by atoms with van der Waals surface area (Å²) in [4.78, 5) is 2.58. The van der Waals surface area contributed by atoms with Crippen LogP contribution in [0.1, 0.15) is 25.8 Å². The first-order valence-electron chi connectivity index (χ1n) is 9.41. The molecule has 0 spiro atoms. The molecule has 2 unspecified atom stereocenters. The number of ether oxygens (including phenoxy) is 3. The molecule has 1 aromatic carbocycles. The molecule has 0 saturated carbocycles. The van der Waals surface area contributed by atoms with Crippen LogP contribution in [-0.2, 0) is 19.5 Å². The van der Waals surface area contributed by atoms with Crippen molar-refractivity contribution in [3.8, 4) is 5.75 Å². The average Bonchev–Trinajstić information content (AvgIpc) is 2.59. The molecule has 0 radical (unpaired) electrons. The lowest BCUT2D eigenvalue weighted by Gasteiger charge is -2.35. The Bertz CT molecular complexity index is 685. The third-order valence-corrected chi connectivity index (χ3v) is 5.90. The van der Waals surface area contributed by atoms with Gasteiger partial charge in [-0.3, -0.25) is 4.90 Å². The van der Waals surface area contributed by atoms with E-state index in [1.165, 1.54) is 0 Å². The highest BCUT2D eigenvalue weighted by Crippen LogP contribution is 2.21. The first kappa shape index (κ1) is 22.1. The summed E-state index contributed by atoms with van der Waals surface area (Å²) in [6, 6.07) is 4.90. The molecule has 1 saturated heterocycles. The van der Waals surface area contributed by atoms with Crippen LogP contribution in [0.25, 0.3) is 0 Å². The van der Waals surface area contributed by atoms with E-state index in [1.54, 1.807) is 25.3 Å². The molecule has 1 aromatic rings. The summed E-state index contributed by atoms with van der Waals surface area (Å²) in [6.45, 7) is 9.93. The lowest BCUT2D eigenvalue weighted by atomic mass is 10.2.